The van der Waals surface area contributed by atoms with Gasteiger partial charge in [0.05, 0.1) is 16.8 Å². The van der Waals surface area contributed by atoms with Gasteiger partial charge in [-0.3, -0.25) is 4.79 Å². The number of halogens is 3. The SMILES string of the molecule is CC(C)(C)OC(=O)N1CC[C@@H](Nc2cc(Nc3ccc(C(F)(F)F)cn3)ncc2C(N)=O)[C@@H](CO[Si](C)(C)C(C)(C)C)C1. The highest BCUT2D eigenvalue weighted by Gasteiger charge is 2.40. The monoisotopic (exact) mass is 624 g/mol. The molecule has 4 N–H and O–H groups in total. The van der Waals surface area contributed by atoms with Gasteiger partial charge in [-0.05, 0) is 57.5 Å². The van der Waals surface area contributed by atoms with Crippen molar-refractivity contribution in [3.63, 3.8) is 0 Å². The van der Waals surface area contributed by atoms with Gasteiger partial charge in [-0.25, -0.2) is 14.8 Å². The number of alkyl halides is 3. The number of nitrogens with one attached hydrogen (secondary N) is 2. The largest absolute Gasteiger partial charge is 0.444 e. The van der Waals surface area contributed by atoms with Gasteiger partial charge in [-0.15, -0.1) is 0 Å². The van der Waals surface area contributed by atoms with E-state index in [1.54, 1.807) is 11.0 Å². The van der Waals surface area contributed by atoms with E-state index in [1.807, 2.05) is 20.8 Å². The summed E-state index contributed by atoms with van der Waals surface area (Å²) in [5.74, 6) is -0.462. The molecular weight excluding hydrogens is 581 g/mol. The highest BCUT2D eigenvalue weighted by atomic mass is 28.4. The lowest BCUT2D eigenvalue weighted by Crippen LogP contribution is -2.53. The van der Waals surface area contributed by atoms with E-state index in [-0.39, 0.29) is 34.2 Å². The second-order valence-electron chi connectivity index (χ2n) is 13.3. The van der Waals surface area contributed by atoms with E-state index in [0.717, 1.165) is 12.3 Å². The molecule has 14 heteroatoms. The van der Waals surface area contributed by atoms with Crippen molar-refractivity contribution in [2.75, 3.05) is 30.3 Å². The Morgan fingerprint density at radius 1 is 1.07 bits per heavy atom. The third kappa shape index (κ3) is 9.29. The predicted octanol–water partition coefficient (Wildman–Crippen LogP) is 6.40. The van der Waals surface area contributed by atoms with Crippen molar-refractivity contribution in [2.45, 2.75) is 83.9 Å². The fourth-order valence-corrected chi connectivity index (χ4v) is 5.28. The standard InChI is InChI=1S/C29H43F3N6O4Si/c1-27(2,3)42-26(40)38-12-11-21(18(16-38)17-41-43(7,8)28(4,5)6)36-22-13-24(35-15-20(22)25(33)39)37-23-10-9-19(14-34-23)29(30,31)32/h9-10,13-15,18,21H,11-12,16-17H2,1-8H3,(H2,33,39)(H2,34,35,36,37)/t18-,21-/m1/s1. The Balaban J connectivity index is 1.87. The molecule has 2 aromatic heterocycles. The van der Waals surface area contributed by atoms with E-state index in [4.69, 9.17) is 14.9 Å². The minimum atomic E-state index is -4.51. The van der Waals surface area contributed by atoms with Crippen LogP contribution in [0.25, 0.3) is 0 Å². The third-order valence-corrected chi connectivity index (χ3v) is 12.2. The number of hydrogen-bond donors (Lipinski definition) is 3. The zero-order valence-electron chi connectivity index (χ0n) is 26.1. The number of carbonyl (C=O) groups is 2. The molecule has 2 aromatic rings. The minimum Gasteiger partial charge on any atom is -0.444 e. The third-order valence-electron chi connectivity index (χ3n) is 7.71. The van der Waals surface area contributed by atoms with Crippen LogP contribution in [-0.4, -0.2) is 66.5 Å². The van der Waals surface area contributed by atoms with Gasteiger partial charge in [0.1, 0.15) is 17.2 Å². The van der Waals surface area contributed by atoms with Gasteiger partial charge in [-0.2, -0.15) is 13.2 Å². The predicted molar refractivity (Wildman–Crippen MR) is 162 cm³/mol. The Morgan fingerprint density at radius 2 is 1.72 bits per heavy atom. The molecule has 10 nitrogen and oxygen atoms in total. The minimum absolute atomic E-state index is 0.0212. The lowest BCUT2D eigenvalue weighted by Gasteiger charge is -2.42. The van der Waals surface area contributed by atoms with Crippen molar-refractivity contribution in [2.24, 2.45) is 11.7 Å². The lowest BCUT2D eigenvalue weighted by atomic mass is 9.92. The van der Waals surface area contributed by atoms with Crippen molar-refractivity contribution in [1.29, 1.82) is 0 Å². The first-order valence-corrected chi connectivity index (χ1v) is 17.1. The fraction of sp³-hybridized carbons (Fsp3) is 0.586. The summed E-state index contributed by atoms with van der Waals surface area (Å²) < 4.78 is 51.0. The number of primary amides is 1. The summed E-state index contributed by atoms with van der Waals surface area (Å²) in [6, 6.07) is 3.46. The van der Waals surface area contributed by atoms with Crippen LogP contribution in [0.1, 0.15) is 63.9 Å². The summed E-state index contributed by atoms with van der Waals surface area (Å²) in [5, 5.41) is 6.28. The number of pyridine rings is 2. The Bertz CT molecular complexity index is 1290. The Kier molecular flexibility index (Phi) is 10.1. The number of amides is 2. The molecule has 1 aliphatic heterocycles. The topological polar surface area (TPSA) is 132 Å². The maximum atomic E-state index is 12.9. The molecule has 0 aromatic carbocycles. The van der Waals surface area contributed by atoms with Crippen molar-refractivity contribution in [3.8, 4) is 0 Å². The molecule has 238 valence electrons. The average Bonchev–Trinajstić information content (AvgIpc) is 2.86. The van der Waals surface area contributed by atoms with E-state index in [0.29, 0.717) is 31.8 Å². The highest BCUT2D eigenvalue weighted by molar-refractivity contribution is 6.74. The van der Waals surface area contributed by atoms with Crippen molar-refractivity contribution >= 4 is 37.6 Å². The van der Waals surface area contributed by atoms with E-state index in [2.05, 4.69) is 54.5 Å². The molecule has 3 heterocycles. The van der Waals surface area contributed by atoms with Crippen molar-refractivity contribution in [1.82, 2.24) is 14.9 Å². The van der Waals surface area contributed by atoms with Gasteiger partial charge in [0.2, 0.25) is 0 Å². The smallest absolute Gasteiger partial charge is 0.417 e. The van der Waals surface area contributed by atoms with E-state index >= 15 is 0 Å². The van der Waals surface area contributed by atoms with Gasteiger partial charge >= 0.3 is 12.3 Å². The fourth-order valence-electron chi connectivity index (χ4n) is 4.22. The van der Waals surface area contributed by atoms with Gasteiger partial charge < -0.3 is 30.4 Å². The van der Waals surface area contributed by atoms with Crippen molar-refractivity contribution < 1.29 is 31.9 Å². The zero-order valence-corrected chi connectivity index (χ0v) is 27.1. The molecule has 0 saturated carbocycles. The van der Waals surface area contributed by atoms with Crippen LogP contribution >= 0.6 is 0 Å². The zero-order chi connectivity index (χ0) is 32.4. The van der Waals surface area contributed by atoms with Crippen LogP contribution in [0.2, 0.25) is 18.1 Å². The van der Waals surface area contributed by atoms with Gasteiger partial charge in [0.15, 0.2) is 8.32 Å². The molecule has 1 fully saturated rings. The summed E-state index contributed by atoms with van der Waals surface area (Å²) in [7, 11) is -2.13. The number of anilines is 3. The van der Waals surface area contributed by atoms with Gasteiger partial charge in [0, 0.05) is 50.1 Å². The number of aromatic nitrogens is 2. The summed E-state index contributed by atoms with van der Waals surface area (Å²) in [4.78, 5) is 34.9. The van der Waals surface area contributed by atoms with Crippen LogP contribution in [0, 0.1) is 5.92 Å². The summed E-state index contributed by atoms with van der Waals surface area (Å²) in [6.07, 6.45) is -2.35. The first-order chi connectivity index (χ1) is 19.7. The highest BCUT2D eigenvalue weighted by Crippen LogP contribution is 2.38. The summed E-state index contributed by atoms with van der Waals surface area (Å²) in [6.45, 7) is 17.4. The summed E-state index contributed by atoms with van der Waals surface area (Å²) >= 11 is 0. The van der Waals surface area contributed by atoms with E-state index < -0.39 is 37.7 Å². The number of nitrogens with zero attached hydrogens (tertiary/aromatic N) is 3. The van der Waals surface area contributed by atoms with E-state index in [1.165, 1.54) is 12.3 Å². The number of likely N-dealkylation sites (tertiary alicyclic amines) is 1. The first kappa shape index (κ1) is 34.1. The molecule has 0 aliphatic carbocycles. The number of hydrogen-bond acceptors (Lipinski definition) is 8. The normalized spacial score (nSPS) is 18.3. The van der Waals surface area contributed by atoms with Crippen LogP contribution in [0.5, 0.6) is 0 Å². The number of carbonyl (C=O) groups excluding carboxylic acids is 2. The Labute approximate surface area is 252 Å². The van der Waals surface area contributed by atoms with Crippen LogP contribution in [0.3, 0.4) is 0 Å². The van der Waals surface area contributed by atoms with E-state index in [9.17, 15) is 22.8 Å². The Hall–Kier alpha value is -3.39. The molecular formula is C29H43F3N6O4Si. The number of rotatable bonds is 8. The molecule has 0 unspecified atom stereocenters. The number of piperidine rings is 1. The lowest BCUT2D eigenvalue weighted by molar-refractivity contribution is -0.137. The quantitative estimate of drug-likeness (QED) is 0.288. The molecule has 0 radical (unpaired) electrons. The summed E-state index contributed by atoms with van der Waals surface area (Å²) in [5.41, 5.74) is 4.67. The van der Waals surface area contributed by atoms with Crippen LogP contribution < -0.4 is 16.4 Å². The van der Waals surface area contributed by atoms with Crippen LogP contribution in [0.15, 0.2) is 30.6 Å². The second kappa shape index (κ2) is 12.7. The number of ether oxygens (including phenoxy) is 1. The molecule has 2 atom stereocenters. The molecule has 0 bridgehead atoms. The van der Waals surface area contributed by atoms with Gasteiger partial charge in [-0.1, -0.05) is 20.8 Å². The second-order valence-corrected chi connectivity index (χ2v) is 18.1. The first-order valence-electron chi connectivity index (χ1n) is 14.1. The van der Waals surface area contributed by atoms with Gasteiger partial charge in [0.25, 0.3) is 5.91 Å². The van der Waals surface area contributed by atoms with Crippen LogP contribution in [0.4, 0.5) is 35.3 Å². The van der Waals surface area contributed by atoms with Crippen LogP contribution in [-0.2, 0) is 15.3 Å². The molecule has 0 spiro atoms. The molecule has 2 amide bonds. The van der Waals surface area contributed by atoms with Crippen molar-refractivity contribution in [3.05, 3.63) is 41.7 Å². The molecule has 1 saturated heterocycles. The molecule has 43 heavy (non-hydrogen) atoms. The maximum Gasteiger partial charge on any atom is 0.417 e. The maximum absolute atomic E-state index is 12.9. The average molecular weight is 625 g/mol. The molecule has 3 rings (SSSR count). The Morgan fingerprint density at radius 3 is 2.26 bits per heavy atom. The molecule has 1 aliphatic rings. The number of nitrogens with two attached hydrogens (primary N) is 1.